The Morgan fingerprint density at radius 2 is 1.69 bits per heavy atom. The number of benzene rings is 1. The van der Waals surface area contributed by atoms with Crippen LogP contribution in [-0.4, -0.2) is 63.9 Å². The lowest BCUT2D eigenvalue weighted by molar-refractivity contribution is 0.0819. The SMILES string of the molecule is CCCCCN1CCN(c2ccc(N3CCC(OC)CC3)cc2C2=CCC3(CCCC3)CC2)CC1. The highest BCUT2D eigenvalue weighted by Crippen LogP contribution is 2.50. The zero-order valence-electron chi connectivity index (χ0n) is 22.6. The third-order valence-corrected chi connectivity index (χ3v) is 9.63. The van der Waals surface area contributed by atoms with Crippen LogP contribution >= 0.6 is 0 Å². The van der Waals surface area contributed by atoms with Crippen molar-refractivity contribution in [3.05, 3.63) is 29.8 Å². The first-order valence-electron chi connectivity index (χ1n) is 14.8. The van der Waals surface area contributed by atoms with Crippen molar-refractivity contribution < 1.29 is 4.74 Å². The molecule has 0 N–H and O–H groups in total. The summed E-state index contributed by atoms with van der Waals surface area (Å²) in [6.45, 7) is 10.5. The smallest absolute Gasteiger partial charge is 0.0605 e. The van der Waals surface area contributed by atoms with Gasteiger partial charge in [0, 0.05) is 63.3 Å². The fourth-order valence-electron chi connectivity index (χ4n) is 7.17. The predicted octanol–water partition coefficient (Wildman–Crippen LogP) is 6.74. The molecule has 1 aromatic rings. The number of piperidine rings is 1. The summed E-state index contributed by atoms with van der Waals surface area (Å²) in [7, 11) is 1.86. The fourth-order valence-corrected chi connectivity index (χ4v) is 7.17. The number of anilines is 2. The molecule has 3 fully saturated rings. The fraction of sp³-hybridized carbons (Fsp3) is 0.742. The van der Waals surface area contributed by atoms with Gasteiger partial charge in [-0.05, 0) is 87.1 Å². The Morgan fingerprint density at radius 3 is 2.34 bits per heavy atom. The van der Waals surface area contributed by atoms with Gasteiger partial charge < -0.3 is 14.5 Å². The van der Waals surface area contributed by atoms with Crippen LogP contribution in [0.3, 0.4) is 0 Å². The summed E-state index contributed by atoms with van der Waals surface area (Å²) in [4.78, 5) is 7.97. The number of hydrogen-bond acceptors (Lipinski definition) is 4. The number of piperazine rings is 1. The van der Waals surface area contributed by atoms with Crippen LogP contribution in [0.15, 0.2) is 24.3 Å². The first kappa shape index (κ1) is 25.1. The minimum atomic E-state index is 0.433. The summed E-state index contributed by atoms with van der Waals surface area (Å²) in [5.74, 6) is 0. The third-order valence-electron chi connectivity index (χ3n) is 9.63. The van der Waals surface area contributed by atoms with Gasteiger partial charge in [-0.2, -0.15) is 0 Å². The quantitative estimate of drug-likeness (QED) is 0.384. The predicted molar refractivity (Wildman–Crippen MR) is 150 cm³/mol. The number of nitrogens with zero attached hydrogens (tertiary/aromatic N) is 3. The molecule has 0 unspecified atom stereocenters. The molecule has 2 saturated heterocycles. The second-order valence-corrected chi connectivity index (χ2v) is 11.8. The molecule has 0 aromatic heterocycles. The molecule has 1 aromatic carbocycles. The first-order valence-corrected chi connectivity index (χ1v) is 14.8. The van der Waals surface area contributed by atoms with Gasteiger partial charge in [-0.1, -0.05) is 38.7 Å². The van der Waals surface area contributed by atoms with Gasteiger partial charge in [0.25, 0.3) is 0 Å². The standard InChI is InChI=1S/C31H49N3O/c1-3-4-7-18-32-21-23-34(24-22-32)30-9-8-27(33-19-12-28(35-2)13-20-33)25-29(30)26-10-16-31(17-11-26)14-5-6-15-31/h8-10,25,28H,3-7,11-24H2,1-2H3. The molecule has 4 nitrogen and oxygen atoms in total. The van der Waals surface area contributed by atoms with Gasteiger partial charge in [-0.15, -0.1) is 0 Å². The van der Waals surface area contributed by atoms with Gasteiger partial charge >= 0.3 is 0 Å². The number of unbranched alkanes of at least 4 members (excludes halogenated alkanes) is 2. The van der Waals surface area contributed by atoms with Crippen molar-refractivity contribution in [3.8, 4) is 0 Å². The van der Waals surface area contributed by atoms with Crippen molar-refractivity contribution in [2.75, 3.05) is 62.7 Å². The largest absolute Gasteiger partial charge is 0.381 e. The Morgan fingerprint density at radius 1 is 0.914 bits per heavy atom. The molecule has 0 amide bonds. The molecule has 4 heteroatoms. The molecule has 2 aliphatic heterocycles. The van der Waals surface area contributed by atoms with E-state index in [2.05, 4.69) is 45.9 Å². The van der Waals surface area contributed by atoms with Crippen molar-refractivity contribution in [1.29, 1.82) is 0 Å². The second kappa shape index (κ2) is 11.7. The molecule has 0 atom stereocenters. The van der Waals surface area contributed by atoms with Crippen LogP contribution < -0.4 is 9.80 Å². The summed E-state index contributed by atoms with van der Waals surface area (Å²) in [5.41, 5.74) is 6.69. The molecule has 35 heavy (non-hydrogen) atoms. The van der Waals surface area contributed by atoms with E-state index in [0.717, 1.165) is 39.0 Å². The highest BCUT2D eigenvalue weighted by Gasteiger charge is 2.35. The van der Waals surface area contributed by atoms with E-state index in [1.54, 1.807) is 5.57 Å². The summed E-state index contributed by atoms with van der Waals surface area (Å²) in [5, 5.41) is 0. The van der Waals surface area contributed by atoms with Crippen LogP contribution in [0.25, 0.3) is 5.57 Å². The topological polar surface area (TPSA) is 19.0 Å². The Kier molecular flexibility index (Phi) is 8.40. The lowest BCUT2D eigenvalue weighted by atomic mass is 9.72. The van der Waals surface area contributed by atoms with Crippen LogP contribution in [-0.2, 0) is 4.74 Å². The molecular weight excluding hydrogens is 430 g/mol. The van der Waals surface area contributed by atoms with E-state index in [0.29, 0.717) is 11.5 Å². The van der Waals surface area contributed by atoms with Crippen molar-refractivity contribution in [1.82, 2.24) is 4.90 Å². The maximum atomic E-state index is 5.63. The van der Waals surface area contributed by atoms with Crippen LogP contribution in [0, 0.1) is 5.41 Å². The Labute approximate surface area is 214 Å². The van der Waals surface area contributed by atoms with Crippen molar-refractivity contribution >= 4 is 16.9 Å². The van der Waals surface area contributed by atoms with Gasteiger partial charge in [0.2, 0.25) is 0 Å². The minimum Gasteiger partial charge on any atom is -0.381 e. The van der Waals surface area contributed by atoms with E-state index in [1.807, 2.05) is 7.11 Å². The van der Waals surface area contributed by atoms with Crippen LogP contribution in [0.1, 0.15) is 89.5 Å². The molecule has 1 spiro atoms. The van der Waals surface area contributed by atoms with Gasteiger partial charge in [0.05, 0.1) is 6.10 Å². The highest BCUT2D eigenvalue weighted by molar-refractivity contribution is 5.80. The van der Waals surface area contributed by atoms with Crippen molar-refractivity contribution in [2.24, 2.45) is 5.41 Å². The van der Waals surface area contributed by atoms with Crippen LogP contribution in [0.4, 0.5) is 11.4 Å². The summed E-state index contributed by atoms with van der Waals surface area (Å²) < 4.78 is 5.63. The molecular formula is C31H49N3O. The molecule has 0 radical (unpaired) electrons. The molecule has 1 saturated carbocycles. The normalized spacial score (nSPS) is 23.8. The van der Waals surface area contributed by atoms with Gasteiger partial charge in [0.1, 0.15) is 0 Å². The number of rotatable bonds is 8. The molecule has 4 aliphatic rings. The van der Waals surface area contributed by atoms with Crippen LogP contribution in [0.5, 0.6) is 0 Å². The minimum absolute atomic E-state index is 0.433. The summed E-state index contributed by atoms with van der Waals surface area (Å²) >= 11 is 0. The summed E-state index contributed by atoms with van der Waals surface area (Å²) in [6, 6.07) is 7.41. The van der Waals surface area contributed by atoms with Gasteiger partial charge in [-0.25, -0.2) is 0 Å². The average molecular weight is 480 g/mol. The second-order valence-electron chi connectivity index (χ2n) is 11.8. The zero-order chi connectivity index (χ0) is 24.1. The van der Waals surface area contributed by atoms with Crippen molar-refractivity contribution in [3.63, 3.8) is 0 Å². The number of allylic oxidation sites excluding steroid dienone is 2. The van der Waals surface area contributed by atoms with Gasteiger partial charge in [-0.3, -0.25) is 4.90 Å². The molecule has 0 bridgehead atoms. The molecule has 2 aliphatic carbocycles. The molecule has 2 heterocycles. The lowest BCUT2D eigenvalue weighted by Gasteiger charge is -2.39. The van der Waals surface area contributed by atoms with Crippen LogP contribution in [0.2, 0.25) is 0 Å². The maximum absolute atomic E-state index is 5.63. The Hall–Kier alpha value is -1.52. The molecule has 5 rings (SSSR count). The molecule has 194 valence electrons. The number of hydrogen-bond donors (Lipinski definition) is 0. The number of methoxy groups -OCH3 is 1. The average Bonchev–Trinajstić information content (AvgIpc) is 3.37. The van der Waals surface area contributed by atoms with E-state index >= 15 is 0 Å². The van der Waals surface area contributed by atoms with E-state index in [4.69, 9.17) is 4.74 Å². The lowest BCUT2D eigenvalue weighted by Crippen LogP contribution is -2.47. The van der Waals surface area contributed by atoms with E-state index in [-0.39, 0.29) is 0 Å². The number of ether oxygens (including phenoxy) is 1. The monoisotopic (exact) mass is 479 g/mol. The van der Waals surface area contributed by atoms with E-state index in [1.165, 1.54) is 101 Å². The van der Waals surface area contributed by atoms with Crippen molar-refractivity contribution in [2.45, 2.75) is 90.1 Å². The highest BCUT2D eigenvalue weighted by atomic mass is 16.5. The Bertz CT molecular complexity index is 843. The van der Waals surface area contributed by atoms with E-state index < -0.39 is 0 Å². The first-order chi connectivity index (χ1) is 17.2. The zero-order valence-corrected chi connectivity index (χ0v) is 22.6. The van der Waals surface area contributed by atoms with E-state index in [9.17, 15) is 0 Å². The van der Waals surface area contributed by atoms with Gasteiger partial charge in [0.15, 0.2) is 0 Å². The Balaban J connectivity index is 1.34. The summed E-state index contributed by atoms with van der Waals surface area (Å²) in [6.07, 6.45) is 19.2. The third kappa shape index (κ3) is 5.91. The maximum Gasteiger partial charge on any atom is 0.0605 e.